The highest BCUT2D eigenvalue weighted by molar-refractivity contribution is 5.99. The summed E-state index contributed by atoms with van der Waals surface area (Å²) in [5.74, 6) is -2.51. The van der Waals surface area contributed by atoms with Crippen LogP contribution in [0.5, 0.6) is 0 Å². The minimum atomic E-state index is -1.03. The molecular weight excluding hydrogens is 536 g/mol. The predicted molar refractivity (Wildman–Crippen MR) is 170 cm³/mol. The van der Waals surface area contributed by atoms with Crippen LogP contribution in [0.15, 0.2) is 103 Å². The smallest absolute Gasteiger partial charge is 0.307 e. The van der Waals surface area contributed by atoms with Gasteiger partial charge in [0.15, 0.2) is 5.78 Å². The van der Waals surface area contributed by atoms with E-state index in [1.54, 1.807) is 7.05 Å². The van der Waals surface area contributed by atoms with E-state index in [0.29, 0.717) is 5.56 Å². The zero-order valence-corrected chi connectivity index (χ0v) is 24.7. The lowest BCUT2D eigenvalue weighted by Crippen LogP contribution is -2.45. The molecule has 43 heavy (non-hydrogen) atoms. The summed E-state index contributed by atoms with van der Waals surface area (Å²) < 4.78 is 0. The van der Waals surface area contributed by atoms with Crippen molar-refractivity contribution in [2.24, 2.45) is 5.92 Å². The molecule has 0 radical (unpaired) electrons. The van der Waals surface area contributed by atoms with Gasteiger partial charge in [-0.05, 0) is 67.1 Å². The zero-order chi connectivity index (χ0) is 30.5. The number of carboxylic acids is 1. The number of amides is 1. The number of carbonyl (C=O) groups is 3. The molecule has 0 aliphatic carbocycles. The van der Waals surface area contributed by atoms with Crippen molar-refractivity contribution in [1.82, 2.24) is 9.88 Å². The number of ketones is 1. The number of benzene rings is 4. The van der Waals surface area contributed by atoms with E-state index in [1.165, 1.54) is 4.90 Å². The number of hydrogen-bond acceptors (Lipinski definition) is 3. The lowest BCUT2D eigenvalue weighted by molar-refractivity contribution is -0.144. The number of Topliss-reactive ketones (excluding diaryl/α,β-unsaturated/α-hetero) is 1. The van der Waals surface area contributed by atoms with Crippen LogP contribution < -0.4 is 0 Å². The molecule has 1 heterocycles. The van der Waals surface area contributed by atoms with Crippen molar-refractivity contribution in [1.29, 1.82) is 0 Å². The number of rotatable bonds is 11. The molecule has 0 saturated carbocycles. The molecule has 6 heteroatoms. The largest absolute Gasteiger partial charge is 0.481 e. The highest BCUT2D eigenvalue weighted by Gasteiger charge is 2.32. The Labute approximate surface area is 252 Å². The number of aromatic nitrogens is 1. The number of fused-ring (bicyclic) bond motifs is 1. The molecule has 0 fully saturated rings. The molecule has 4 aromatic carbocycles. The van der Waals surface area contributed by atoms with Crippen molar-refractivity contribution >= 4 is 28.6 Å². The zero-order valence-electron chi connectivity index (χ0n) is 24.7. The highest BCUT2D eigenvalue weighted by atomic mass is 16.4. The number of carboxylic acid groups (broad SMARTS) is 1. The molecule has 2 unspecified atom stereocenters. The summed E-state index contributed by atoms with van der Waals surface area (Å²) in [6, 6.07) is 30.5. The Bertz CT molecular complexity index is 1730. The molecule has 1 aromatic heterocycles. The molecule has 2 atom stereocenters. The van der Waals surface area contributed by atoms with Crippen LogP contribution in [0.3, 0.4) is 0 Å². The topological polar surface area (TPSA) is 90.5 Å². The lowest BCUT2D eigenvalue weighted by Gasteiger charge is -2.29. The fraction of sp³-hybridized carbons (Fsp3) is 0.216. The van der Waals surface area contributed by atoms with Crippen LogP contribution in [0.1, 0.15) is 39.0 Å². The van der Waals surface area contributed by atoms with Gasteiger partial charge in [0, 0.05) is 36.1 Å². The van der Waals surface area contributed by atoms with Crippen LogP contribution in [0.4, 0.5) is 0 Å². The van der Waals surface area contributed by atoms with Crippen LogP contribution in [-0.2, 0) is 22.4 Å². The van der Waals surface area contributed by atoms with Gasteiger partial charge in [-0.2, -0.15) is 0 Å². The van der Waals surface area contributed by atoms with E-state index in [2.05, 4.69) is 4.98 Å². The summed E-state index contributed by atoms with van der Waals surface area (Å²) in [5.41, 5.74) is 7.23. The maximum Gasteiger partial charge on any atom is 0.307 e. The number of aryl methyl sites for hydroxylation is 2. The molecule has 1 amide bonds. The molecule has 0 aliphatic rings. The first kappa shape index (κ1) is 29.5. The number of carbonyl (C=O) groups excluding carboxylic acids is 2. The third-order valence-corrected chi connectivity index (χ3v) is 8.06. The number of para-hydroxylation sites is 1. The summed E-state index contributed by atoms with van der Waals surface area (Å²) in [6.45, 7) is 3.87. The van der Waals surface area contributed by atoms with Crippen molar-refractivity contribution < 1.29 is 19.5 Å². The van der Waals surface area contributed by atoms with Gasteiger partial charge in [-0.3, -0.25) is 14.4 Å². The average Bonchev–Trinajstić information content (AvgIpc) is 3.41. The van der Waals surface area contributed by atoms with Crippen molar-refractivity contribution in [2.75, 3.05) is 7.05 Å². The van der Waals surface area contributed by atoms with Gasteiger partial charge in [0.1, 0.15) is 0 Å². The number of likely N-dealkylation sites (N-methyl/N-ethyl adjacent to an activating group) is 1. The monoisotopic (exact) mass is 572 g/mol. The van der Waals surface area contributed by atoms with Gasteiger partial charge in [0.2, 0.25) is 0 Å². The van der Waals surface area contributed by atoms with Crippen molar-refractivity contribution in [3.8, 4) is 11.1 Å². The van der Waals surface area contributed by atoms with Crippen molar-refractivity contribution in [2.45, 2.75) is 39.2 Å². The number of aromatic amines is 1. The van der Waals surface area contributed by atoms with E-state index in [-0.39, 0.29) is 31.0 Å². The number of hydrogen-bond donors (Lipinski definition) is 2. The number of nitrogens with zero attached hydrogens (tertiary/aromatic N) is 1. The predicted octanol–water partition coefficient (Wildman–Crippen LogP) is 7.04. The number of aliphatic carboxylic acids is 1. The fourth-order valence-corrected chi connectivity index (χ4v) is 5.79. The first-order chi connectivity index (χ1) is 20.7. The molecular formula is C37H36N2O4. The second-order valence-corrected chi connectivity index (χ2v) is 11.3. The van der Waals surface area contributed by atoms with Gasteiger partial charge in [0.05, 0.1) is 12.0 Å². The second kappa shape index (κ2) is 12.9. The molecule has 5 rings (SSSR count). The molecule has 2 N–H and O–H groups in total. The van der Waals surface area contributed by atoms with Gasteiger partial charge in [0.25, 0.3) is 5.91 Å². The van der Waals surface area contributed by atoms with E-state index < -0.39 is 17.9 Å². The minimum absolute atomic E-state index is 0.188. The molecule has 6 nitrogen and oxygen atoms in total. The molecule has 0 bridgehead atoms. The Morgan fingerprint density at radius 1 is 0.791 bits per heavy atom. The molecule has 0 aliphatic heterocycles. The van der Waals surface area contributed by atoms with Gasteiger partial charge in [-0.1, -0.05) is 90.0 Å². The molecule has 0 saturated heterocycles. The standard InChI is InChI=1S/C37H36N2O4/c1-24-17-25(2)19-29(18-24)36(41)39(3)34(20-26-13-15-28(16-14-26)27-9-5-4-6-10-27)35(40)22-30(37(42)43)21-31-23-38-33-12-8-7-11-32(31)33/h4-19,23,30,34,38H,20-22H2,1-3H3,(H,42,43). The number of nitrogens with one attached hydrogen (secondary N) is 1. The maximum atomic E-state index is 14.0. The Balaban J connectivity index is 1.42. The summed E-state index contributed by atoms with van der Waals surface area (Å²) in [6.07, 6.45) is 2.11. The van der Waals surface area contributed by atoms with E-state index in [9.17, 15) is 19.5 Å². The van der Waals surface area contributed by atoms with Crippen LogP contribution in [0, 0.1) is 19.8 Å². The Hall–Kier alpha value is -4.97. The molecule has 5 aromatic rings. The summed E-state index contributed by atoms with van der Waals surface area (Å²) in [5, 5.41) is 11.1. The Kier molecular flexibility index (Phi) is 8.86. The van der Waals surface area contributed by atoms with Crippen molar-refractivity contribution in [3.63, 3.8) is 0 Å². The van der Waals surface area contributed by atoms with E-state index in [4.69, 9.17) is 0 Å². The highest BCUT2D eigenvalue weighted by Crippen LogP contribution is 2.25. The van der Waals surface area contributed by atoms with E-state index in [1.807, 2.05) is 117 Å². The minimum Gasteiger partial charge on any atom is -0.481 e. The summed E-state index contributed by atoms with van der Waals surface area (Å²) in [7, 11) is 1.64. The fourth-order valence-electron chi connectivity index (χ4n) is 5.79. The normalized spacial score (nSPS) is 12.5. The average molecular weight is 573 g/mol. The molecule has 0 spiro atoms. The lowest BCUT2D eigenvalue weighted by atomic mass is 9.89. The van der Waals surface area contributed by atoms with Crippen LogP contribution in [0.2, 0.25) is 0 Å². The third-order valence-electron chi connectivity index (χ3n) is 8.06. The quantitative estimate of drug-likeness (QED) is 0.178. The van der Waals surface area contributed by atoms with E-state index in [0.717, 1.165) is 44.3 Å². The van der Waals surface area contributed by atoms with Crippen LogP contribution in [0.25, 0.3) is 22.0 Å². The van der Waals surface area contributed by atoms with Crippen LogP contribution >= 0.6 is 0 Å². The van der Waals surface area contributed by atoms with Gasteiger partial charge in [-0.15, -0.1) is 0 Å². The van der Waals surface area contributed by atoms with Crippen LogP contribution in [-0.4, -0.2) is 45.7 Å². The second-order valence-electron chi connectivity index (χ2n) is 11.3. The SMILES string of the molecule is Cc1cc(C)cc(C(=O)N(C)C(Cc2ccc(-c3ccccc3)cc2)C(=O)CC(Cc2c[nH]c3ccccc23)C(=O)O)c1. The number of H-pyrrole nitrogens is 1. The maximum absolute atomic E-state index is 14.0. The third kappa shape index (κ3) is 6.92. The van der Waals surface area contributed by atoms with Crippen molar-refractivity contribution in [3.05, 3.63) is 131 Å². The first-order valence-electron chi connectivity index (χ1n) is 14.5. The Morgan fingerprint density at radius 3 is 2.09 bits per heavy atom. The van der Waals surface area contributed by atoms with Gasteiger partial charge >= 0.3 is 5.97 Å². The van der Waals surface area contributed by atoms with Gasteiger partial charge < -0.3 is 15.0 Å². The van der Waals surface area contributed by atoms with Gasteiger partial charge in [-0.25, -0.2) is 0 Å². The Morgan fingerprint density at radius 2 is 1.42 bits per heavy atom. The summed E-state index contributed by atoms with van der Waals surface area (Å²) >= 11 is 0. The first-order valence-corrected chi connectivity index (χ1v) is 14.5. The molecule has 218 valence electrons. The summed E-state index contributed by atoms with van der Waals surface area (Å²) in [4.78, 5) is 44.8. The van der Waals surface area contributed by atoms with E-state index >= 15 is 0 Å².